The first-order chi connectivity index (χ1) is 14.3. The summed E-state index contributed by atoms with van der Waals surface area (Å²) >= 11 is 5.29. The number of hydrogen-bond acceptors (Lipinski definition) is 5. The van der Waals surface area contributed by atoms with Crippen LogP contribution in [0.25, 0.3) is 11.4 Å². The van der Waals surface area contributed by atoms with Gasteiger partial charge < -0.3 is 4.90 Å². The Morgan fingerprint density at radius 3 is 2.57 bits per heavy atom. The van der Waals surface area contributed by atoms with Gasteiger partial charge in [0.2, 0.25) is 5.91 Å². The van der Waals surface area contributed by atoms with Crippen LogP contribution in [-0.2, 0) is 11.3 Å². The van der Waals surface area contributed by atoms with Gasteiger partial charge in [-0.05, 0) is 37.3 Å². The van der Waals surface area contributed by atoms with Crippen molar-refractivity contribution >= 4 is 29.7 Å². The summed E-state index contributed by atoms with van der Waals surface area (Å²) in [5.74, 6) is -0.0466. The van der Waals surface area contributed by atoms with Crippen LogP contribution in [0.2, 0.25) is 0 Å². The quantitative estimate of drug-likeness (QED) is 0.418. The van der Waals surface area contributed by atoms with E-state index in [0.29, 0.717) is 22.7 Å². The Bertz CT molecular complexity index is 1100. The van der Waals surface area contributed by atoms with Gasteiger partial charge in [-0.25, -0.2) is 0 Å². The molecule has 3 rings (SSSR count). The molecule has 30 heavy (non-hydrogen) atoms. The predicted octanol–water partition coefficient (Wildman–Crippen LogP) is 2.83. The van der Waals surface area contributed by atoms with E-state index in [0.717, 1.165) is 16.8 Å². The summed E-state index contributed by atoms with van der Waals surface area (Å²) in [6.07, 6.45) is 0.130. The molecular weight excluding hydrogens is 400 g/mol. The monoisotopic (exact) mass is 424 g/mol. The van der Waals surface area contributed by atoms with Crippen molar-refractivity contribution in [3.05, 3.63) is 64.4 Å². The maximum atomic E-state index is 12.3. The average molecular weight is 425 g/mol. The molecule has 0 unspecified atom stereocenters. The molecule has 1 aromatic heterocycles. The molecule has 0 radical (unpaired) electrons. The first-order valence-corrected chi connectivity index (χ1v) is 9.85. The Morgan fingerprint density at radius 2 is 1.87 bits per heavy atom. The van der Waals surface area contributed by atoms with E-state index in [1.165, 1.54) is 0 Å². The molecule has 0 saturated carbocycles. The van der Waals surface area contributed by atoms with Crippen molar-refractivity contribution < 1.29 is 9.59 Å². The molecule has 9 heteroatoms. The molecule has 0 aliphatic heterocycles. The number of anilines is 1. The molecule has 0 aliphatic rings. The number of aryl methyl sites for hydroxylation is 1. The molecule has 3 N–H and O–H groups in total. The molecule has 156 valence electrons. The van der Waals surface area contributed by atoms with Gasteiger partial charge in [0.25, 0.3) is 5.91 Å². The summed E-state index contributed by atoms with van der Waals surface area (Å²) in [5.41, 5.74) is 8.30. The van der Waals surface area contributed by atoms with E-state index in [-0.39, 0.29) is 18.2 Å². The van der Waals surface area contributed by atoms with Gasteiger partial charge in [-0.1, -0.05) is 35.9 Å². The highest BCUT2D eigenvalue weighted by Crippen LogP contribution is 2.18. The van der Waals surface area contributed by atoms with Crippen LogP contribution in [0.3, 0.4) is 0 Å². The topological polar surface area (TPSA) is 95.0 Å². The lowest BCUT2D eigenvalue weighted by atomic mass is 10.1. The lowest BCUT2D eigenvalue weighted by Gasteiger charge is -2.14. The molecule has 0 atom stereocenters. The number of aromatic nitrogens is 3. The second-order valence-electron chi connectivity index (χ2n) is 7.07. The normalized spacial score (nSPS) is 10.5. The summed E-state index contributed by atoms with van der Waals surface area (Å²) < 4.78 is 2.20. The number of carbonyl (C=O) groups is 2. The summed E-state index contributed by atoms with van der Waals surface area (Å²) in [5, 5.41) is 7.04. The van der Waals surface area contributed by atoms with Gasteiger partial charge in [0, 0.05) is 43.9 Å². The number of carbonyl (C=O) groups excluding carboxylic acids is 2. The summed E-state index contributed by atoms with van der Waals surface area (Å²) in [6.45, 7) is 2.34. The van der Waals surface area contributed by atoms with Crippen LogP contribution in [0, 0.1) is 11.7 Å². The van der Waals surface area contributed by atoms with E-state index >= 15 is 0 Å². The second-order valence-corrected chi connectivity index (χ2v) is 7.45. The van der Waals surface area contributed by atoms with E-state index < -0.39 is 0 Å². The highest BCUT2D eigenvalue weighted by molar-refractivity contribution is 7.71. The fourth-order valence-corrected chi connectivity index (χ4v) is 3.07. The van der Waals surface area contributed by atoms with Crippen molar-refractivity contribution in [3.8, 4) is 11.4 Å². The van der Waals surface area contributed by atoms with Gasteiger partial charge in [0.1, 0.15) is 0 Å². The number of benzene rings is 2. The van der Waals surface area contributed by atoms with E-state index in [2.05, 4.69) is 21.0 Å². The van der Waals surface area contributed by atoms with Gasteiger partial charge in [0.05, 0.1) is 0 Å². The average Bonchev–Trinajstić information content (AvgIpc) is 3.11. The molecule has 2 aromatic carbocycles. The van der Waals surface area contributed by atoms with Crippen molar-refractivity contribution in [1.82, 2.24) is 25.6 Å². The Balaban J connectivity index is 1.58. The van der Waals surface area contributed by atoms with Crippen molar-refractivity contribution in [3.63, 3.8) is 0 Å². The number of nitrogens with one attached hydrogen (secondary N) is 3. The van der Waals surface area contributed by atoms with Crippen LogP contribution in [0.15, 0.2) is 48.5 Å². The number of aromatic amines is 1. The standard InChI is InChI=1S/C21H24N6O2S/c1-14-7-9-15(10-8-14)19-23-25-21(30)27(19)12-11-18(28)22-24-20(29)16-5-4-6-17(13-16)26(2)3/h4-10,13H,11-12H2,1-3H3,(H,22,28)(H,24,29)(H,25,30). The molecule has 0 fully saturated rings. The molecule has 2 amide bonds. The Kier molecular flexibility index (Phi) is 6.63. The third kappa shape index (κ3) is 5.12. The van der Waals surface area contributed by atoms with Crippen molar-refractivity contribution in [2.24, 2.45) is 0 Å². The van der Waals surface area contributed by atoms with E-state index in [1.807, 2.05) is 56.3 Å². The minimum absolute atomic E-state index is 0.130. The predicted molar refractivity (Wildman–Crippen MR) is 119 cm³/mol. The van der Waals surface area contributed by atoms with Crippen LogP contribution >= 0.6 is 12.2 Å². The van der Waals surface area contributed by atoms with E-state index in [4.69, 9.17) is 12.2 Å². The number of hydrazine groups is 1. The van der Waals surface area contributed by atoms with Gasteiger partial charge in [-0.3, -0.25) is 30.1 Å². The smallest absolute Gasteiger partial charge is 0.269 e. The summed E-state index contributed by atoms with van der Waals surface area (Å²) in [7, 11) is 3.79. The maximum Gasteiger partial charge on any atom is 0.269 e. The largest absolute Gasteiger partial charge is 0.378 e. The van der Waals surface area contributed by atoms with Crippen molar-refractivity contribution in [1.29, 1.82) is 0 Å². The zero-order chi connectivity index (χ0) is 21.7. The molecule has 1 heterocycles. The number of nitrogens with zero attached hydrogens (tertiary/aromatic N) is 3. The molecule has 3 aromatic rings. The molecule has 0 spiro atoms. The summed E-state index contributed by atoms with van der Waals surface area (Å²) in [6, 6.07) is 15.0. The molecule has 8 nitrogen and oxygen atoms in total. The highest BCUT2D eigenvalue weighted by Gasteiger charge is 2.12. The van der Waals surface area contributed by atoms with Gasteiger partial charge >= 0.3 is 0 Å². The number of amides is 2. The minimum atomic E-state index is -0.382. The molecule has 0 aliphatic carbocycles. The number of H-pyrrole nitrogens is 1. The van der Waals surface area contributed by atoms with Gasteiger partial charge in [0.15, 0.2) is 10.6 Å². The first kappa shape index (κ1) is 21.3. The molecular formula is C21H24N6O2S. The minimum Gasteiger partial charge on any atom is -0.378 e. The lowest BCUT2D eigenvalue weighted by molar-refractivity contribution is -0.122. The van der Waals surface area contributed by atoms with Crippen LogP contribution in [0.5, 0.6) is 0 Å². The third-order valence-electron chi connectivity index (χ3n) is 4.57. The van der Waals surface area contributed by atoms with Crippen LogP contribution in [0.1, 0.15) is 22.3 Å². The zero-order valence-corrected chi connectivity index (χ0v) is 17.9. The van der Waals surface area contributed by atoms with Crippen molar-refractivity contribution in [2.75, 3.05) is 19.0 Å². The number of rotatable bonds is 6. The summed E-state index contributed by atoms with van der Waals surface area (Å²) in [4.78, 5) is 26.4. The van der Waals surface area contributed by atoms with Crippen LogP contribution in [-0.4, -0.2) is 40.7 Å². The van der Waals surface area contributed by atoms with Crippen LogP contribution in [0.4, 0.5) is 5.69 Å². The fourth-order valence-electron chi connectivity index (χ4n) is 2.85. The highest BCUT2D eigenvalue weighted by atomic mass is 32.1. The Hall–Kier alpha value is -3.46. The maximum absolute atomic E-state index is 12.3. The van der Waals surface area contributed by atoms with E-state index in [9.17, 15) is 9.59 Å². The van der Waals surface area contributed by atoms with Crippen molar-refractivity contribution in [2.45, 2.75) is 19.9 Å². The number of hydrogen-bond donors (Lipinski definition) is 3. The van der Waals surface area contributed by atoms with Gasteiger partial charge in [-0.2, -0.15) is 5.10 Å². The fraction of sp³-hybridized carbons (Fsp3) is 0.238. The lowest BCUT2D eigenvalue weighted by Crippen LogP contribution is -2.41. The molecule has 0 saturated heterocycles. The van der Waals surface area contributed by atoms with E-state index in [1.54, 1.807) is 22.8 Å². The Morgan fingerprint density at radius 1 is 1.13 bits per heavy atom. The zero-order valence-electron chi connectivity index (χ0n) is 17.1. The van der Waals surface area contributed by atoms with Crippen LogP contribution < -0.4 is 15.8 Å². The van der Waals surface area contributed by atoms with Gasteiger partial charge in [-0.15, -0.1) is 0 Å². The second kappa shape index (κ2) is 9.36. The Labute approximate surface area is 179 Å². The molecule has 0 bridgehead atoms. The first-order valence-electron chi connectivity index (χ1n) is 9.44. The SMILES string of the molecule is Cc1ccc(-c2n[nH]c(=S)n2CCC(=O)NNC(=O)c2cccc(N(C)C)c2)cc1. The third-order valence-corrected chi connectivity index (χ3v) is 4.88.